The zero-order chi connectivity index (χ0) is 14.7. The number of nitrogens with zero attached hydrogens (tertiary/aromatic N) is 1. The lowest BCUT2D eigenvalue weighted by atomic mass is 10.1. The highest BCUT2D eigenvalue weighted by Crippen LogP contribution is 2.21. The van der Waals surface area contributed by atoms with Crippen LogP contribution >= 0.6 is 0 Å². The summed E-state index contributed by atoms with van der Waals surface area (Å²) in [5.74, 6) is -0.448. The third-order valence-electron chi connectivity index (χ3n) is 3.12. The van der Waals surface area contributed by atoms with Crippen molar-refractivity contribution in [1.29, 1.82) is 0 Å². The fourth-order valence-corrected chi connectivity index (χ4v) is 2.03. The summed E-state index contributed by atoms with van der Waals surface area (Å²) in [4.78, 5) is 22.9. The fourth-order valence-electron chi connectivity index (χ4n) is 2.03. The number of aromatic carboxylic acids is 1. The van der Waals surface area contributed by atoms with Crippen molar-refractivity contribution < 1.29 is 14.6 Å². The monoisotopic (exact) mass is 273 g/mol. The Morgan fingerprint density at radius 2 is 2.05 bits per heavy atom. The highest BCUT2D eigenvalue weighted by atomic mass is 16.5. The number of carboxylic acid groups (broad SMARTS) is 1. The largest absolute Gasteiger partial charge is 0.496 e. The maximum atomic E-state index is 11.9. The third kappa shape index (κ3) is 2.71. The summed E-state index contributed by atoms with van der Waals surface area (Å²) < 4.78 is 6.80. The summed E-state index contributed by atoms with van der Waals surface area (Å²) in [7, 11) is 1.51. The normalized spacial score (nSPS) is 10.3. The maximum Gasteiger partial charge on any atom is 0.335 e. The molecule has 2 aromatic rings. The number of pyridine rings is 1. The summed E-state index contributed by atoms with van der Waals surface area (Å²) >= 11 is 0. The van der Waals surface area contributed by atoms with Crippen molar-refractivity contribution >= 4 is 5.97 Å². The van der Waals surface area contributed by atoms with Crippen molar-refractivity contribution in [3.63, 3.8) is 0 Å². The van der Waals surface area contributed by atoms with Crippen LogP contribution in [0.5, 0.6) is 5.75 Å². The van der Waals surface area contributed by atoms with E-state index in [1.165, 1.54) is 25.3 Å². The Labute approximate surface area is 116 Å². The molecule has 0 amide bonds. The fraction of sp³-hybridized carbons (Fsp3) is 0.200. The summed E-state index contributed by atoms with van der Waals surface area (Å²) in [5.41, 5.74) is 1.50. The van der Waals surface area contributed by atoms with Gasteiger partial charge in [0.25, 0.3) is 5.56 Å². The van der Waals surface area contributed by atoms with Gasteiger partial charge in [0, 0.05) is 17.3 Å². The molecule has 0 saturated carbocycles. The van der Waals surface area contributed by atoms with Crippen molar-refractivity contribution in [2.45, 2.75) is 13.5 Å². The molecule has 5 nitrogen and oxygen atoms in total. The van der Waals surface area contributed by atoms with E-state index in [4.69, 9.17) is 9.84 Å². The van der Waals surface area contributed by atoms with E-state index in [1.807, 2.05) is 13.0 Å². The highest BCUT2D eigenvalue weighted by molar-refractivity contribution is 5.88. The molecule has 0 spiro atoms. The number of benzene rings is 1. The molecular weight excluding hydrogens is 258 g/mol. The van der Waals surface area contributed by atoms with Gasteiger partial charge in [-0.2, -0.15) is 0 Å². The maximum absolute atomic E-state index is 11.9. The van der Waals surface area contributed by atoms with Crippen LogP contribution in [0.3, 0.4) is 0 Å². The van der Waals surface area contributed by atoms with Crippen LogP contribution in [-0.2, 0) is 6.54 Å². The number of aryl methyl sites for hydroxylation is 1. The lowest BCUT2D eigenvalue weighted by Crippen LogP contribution is -2.21. The van der Waals surface area contributed by atoms with Crippen LogP contribution in [-0.4, -0.2) is 22.8 Å². The minimum absolute atomic E-state index is 0.132. The zero-order valence-electron chi connectivity index (χ0n) is 11.3. The number of hydrogen-bond donors (Lipinski definition) is 1. The molecule has 1 heterocycles. The molecule has 0 atom stereocenters. The first-order chi connectivity index (χ1) is 9.52. The molecule has 2 rings (SSSR count). The Kier molecular flexibility index (Phi) is 3.89. The molecule has 1 aromatic carbocycles. The summed E-state index contributed by atoms with van der Waals surface area (Å²) in [5, 5.41) is 9.04. The lowest BCUT2D eigenvalue weighted by Gasteiger charge is -2.13. The van der Waals surface area contributed by atoms with E-state index >= 15 is 0 Å². The van der Waals surface area contributed by atoms with Gasteiger partial charge in [-0.3, -0.25) is 4.79 Å². The average Bonchev–Trinajstić information content (AvgIpc) is 2.42. The van der Waals surface area contributed by atoms with Crippen LogP contribution < -0.4 is 10.3 Å². The van der Waals surface area contributed by atoms with Gasteiger partial charge < -0.3 is 14.4 Å². The number of carbonyl (C=O) groups is 1. The summed E-state index contributed by atoms with van der Waals surface area (Å²) in [6.45, 7) is 2.10. The van der Waals surface area contributed by atoms with Gasteiger partial charge in [-0.25, -0.2) is 4.79 Å². The van der Waals surface area contributed by atoms with E-state index in [0.29, 0.717) is 11.3 Å². The van der Waals surface area contributed by atoms with E-state index in [-0.39, 0.29) is 17.7 Å². The van der Waals surface area contributed by atoms with Gasteiger partial charge in [0.05, 0.1) is 19.2 Å². The molecule has 0 saturated heterocycles. The van der Waals surface area contributed by atoms with Crippen LogP contribution in [0.2, 0.25) is 0 Å². The Balaban J connectivity index is 2.49. The molecule has 0 unspecified atom stereocenters. The first kappa shape index (κ1) is 13.9. The summed E-state index contributed by atoms with van der Waals surface area (Å²) in [6.07, 6.45) is 0. The number of ether oxygens (including phenoxy) is 1. The van der Waals surface area contributed by atoms with Crippen molar-refractivity contribution in [3.05, 3.63) is 63.6 Å². The first-order valence-corrected chi connectivity index (χ1v) is 6.09. The molecule has 20 heavy (non-hydrogen) atoms. The van der Waals surface area contributed by atoms with Crippen molar-refractivity contribution in [2.75, 3.05) is 7.11 Å². The number of hydrogen-bond acceptors (Lipinski definition) is 3. The molecule has 0 aliphatic carbocycles. The Morgan fingerprint density at radius 1 is 1.30 bits per heavy atom. The van der Waals surface area contributed by atoms with Gasteiger partial charge in [-0.1, -0.05) is 6.07 Å². The second kappa shape index (κ2) is 5.61. The first-order valence-electron chi connectivity index (χ1n) is 6.09. The smallest absolute Gasteiger partial charge is 0.335 e. The molecule has 104 valence electrons. The van der Waals surface area contributed by atoms with E-state index in [2.05, 4.69) is 0 Å². The number of methoxy groups -OCH3 is 1. The van der Waals surface area contributed by atoms with Crippen LogP contribution in [0.4, 0.5) is 0 Å². The van der Waals surface area contributed by atoms with E-state index in [0.717, 1.165) is 5.69 Å². The Hall–Kier alpha value is -2.56. The quantitative estimate of drug-likeness (QED) is 0.924. The van der Waals surface area contributed by atoms with Gasteiger partial charge in [0.2, 0.25) is 0 Å². The SMILES string of the molecule is COc1ccc(C(=O)O)cc1Cn1c(C)cccc1=O. The van der Waals surface area contributed by atoms with Gasteiger partial charge in [0.15, 0.2) is 0 Å². The van der Waals surface area contributed by atoms with Gasteiger partial charge >= 0.3 is 5.97 Å². The predicted molar refractivity (Wildman–Crippen MR) is 74.5 cm³/mol. The number of rotatable bonds is 4. The minimum Gasteiger partial charge on any atom is -0.496 e. The highest BCUT2D eigenvalue weighted by Gasteiger charge is 2.11. The van der Waals surface area contributed by atoms with Crippen molar-refractivity contribution in [3.8, 4) is 5.75 Å². The van der Waals surface area contributed by atoms with Gasteiger partial charge in [-0.15, -0.1) is 0 Å². The molecule has 0 radical (unpaired) electrons. The molecule has 0 fully saturated rings. The van der Waals surface area contributed by atoms with Crippen molar-refractivity contribution in [1.82, 2.24) is 4.57 Å². The predicted octanol–water partition coefficient (Wildman–Crippen LogP) is 1.91. The van der Waals surface area contributed by atoms with Crippen LogP contribution in [0.25, 0.3) is 0 Å². The van der Waals surface area contributed by atoms with E-state index < -0.39 is 5.97 Å². The zero-order valence-corrected chi connectivity index (χ0v) is 11.3. The molecule has 0 aliphatic heterocycles. The molecule has 1 aromatic heterocycles. The Morgan fingerprint density at radius 3 is 2.65 bits per heavy atom. The molecular formula is C15H15NO4. The second-order valence-electron chi connectivity index (χ2n) is 4.42. The van der Waals surface area contributed by atoms with Crippen LogP contribution in [0, 0.1) is 6.92 Å². The van der Waals surface area contributed by atoms with Gasteiger partial charge in [-0.05, 0) is 31.2 Å². The topological polar surface area (TPSA) is 68.5 Å². The molecule has 0 aliphatic rings. The minimum atomic E-state index is -1.01. The van der Waals surface area contributed by atoms with Gasteiger partial charge in [0.1, 0.15) is 5.75 Å². The van der Waals surface area contributed by atoms with Crippen LogP contribution in [0.1, 0.15) is 21.6 Å². The second-order valence-corrected chi connectivity index (χ2v) is 4.42. The molecule has 5 heteroatoms. The average molecular weight is 273 g/mol. The number of aromatic nitrogens is 1. The van der Waals surface area contributed by atoms with E-state index in [1.54, 1.807) is 16.7 Å². The van der Waals surface area contributed by atoms with E-state index in [9.17, 15) is 9.59 Å². The lowest BCUT2D eigenvalue weighted by molar-refractivity contribution is 0.0696. The third-order valence-corrected chi connectivity index (χ3v) is 3.12. The Bertz CT molecular complexity index is 703. The number of carboxylic acids is 1. The van der Waals surface area contributed by atoms with Crippen molar-refractivity contribution in [2.24, 2.45) is 0 Å². The molecule has 1 N–H and O–H groups in total. The summed E-state index contributed by atoms with van der Waals surface area (Å²) in [6, 6.07) is 9.60. The van der Waals surface area contributed by atoms with Crippen LogP contribution in [0.15, 0.2) is 41.2 Å². The standard InChI is InChI=1S/C15H15NO4/c1-10-4-3-5-14(17)16(10)9-12-8-11(15(18)19)6-7-13(12)20-2/h3-8H,9H2,1-2H3,(H,18,19). The molecule has 0 bridgehead atoms.